The van der Waals surface area contributed by atoms with Crippen LogP contribution in [0.1, 0.15) is 17.5 Å². The fourth-order valence-electron chi connectivity index (χ4n) is 2.39. The van der Waals surface area contributed by atoms with Gasteiger partial charge in [0.05, 0.1) is 12.3 Å². The first-order valence-corrected chi connectivity index (χ1v) is 7.95. The Labute approximate surface area is 145 Å². The minimum absolute atomic E-state index is 0.362. The number of nitrogens with one attached hydrogen (secondary N) is 1. The number of nitrogens with two attached hydrogens (primary N) is 1. The van der Waals surface area contributed by atoms with Crippen molar-refractivity contribution in [3.63, 3.8) is 0 Å². The Hall–Kier alpha value is -3.12. The van der Waals surface area contributed by atoms with Gasteiger partial charge in [0.15, 0.2) is 6.23 Å². The van der Waals surface area contributed by atoms with Crippen LogP contribution in [0.3, 0.4) is 0 Å². The van der Waals surface area contributed by atoms with Crippen LogP contribution >= 0.6 is 0 Å². The highest BCUT2D eigenvalue weighted by atomic mass is 16.5. The second kappa shape index (κ2) is 8.12. The number of ether oxygens (including phenoxy) is 1. The Kier molecular flexibility index (Phi) is 5.43. The van der Waals surface area contributed by atoms with Crippen molar-refractivity contribution < 1.29 is 13.9 Å². The Balaban J connectivity index is 1.59. The van der Waals surface area contributed by atoms with Crippen LogP contribution in [-0.4, -0.2) is 17.6 Å². The van der Waals surface area contributed by atoms with Crippen molar-refractivity contribution in [3.05, 3.63) is 78.2 Å². The monoisotopic (exact) mass is 337 g/mol. The first-order chi connectivity index (χ1) is 12.2. The van der Waals surface area contributed by atoms with Gasteiger partial charge >= 0.3 is 6.03 Å². The molecule has 25 heavy (non-hydrogen) atoms. The molecule has 1 unspecified atom stereocenters. The number of carbonyl (C=O) groups is 1. The van der Waals surface area contributed by atoms with Gasteiger partial charge in [-0.1, -0.05) is 48.5 Å². The largest absolute Gasteiger partial charge is 0.444 e. The highest BCUT2D eigenvalue weighted by molar-refractivity contribution is 5.72. The van der Waals surface area contributed by atoms with Crippen molar-refractivity contribution in [2.45, 2.75) is 12.6 Å². The zero-order chi connectivity index (χ0) is 17.5. The number of amides is 2. The molecule has 2 aromatic carbocycles. The highest BCUT2D eigenvalue weighted by Crippen LogP contribution is 2.19. The molecule has 0 aliphatic heterocycles. The van der Waals surface area contributed by atoms with Gasteiger partial charge in [-0.2, -0.15) is 0 Å². The van der Waals surface area contributed by atoms with Crippen LogP contribution in [-0.2, 0) is 11.2 Å². The van der Waals surface area contributed by atoms with Crippen LogP contribution in [0.25, 0.3) is 11.5 Å². The van der Waals surface area contributed by atoms with Crippen LogP contribution in [0.2, 0.25) is 0 Å². The summed E-state index contributed by atoms with van der Waals surface area (Å²) < 4.78 is 11.3. The molecule has 0 spiro atoms. The number of primary amides is 1. The van der Waals surface area contributed by atoms with Gasteiger partial charge in [0, 0.05) is 17.5 Å². The standard InChI is InChI=1S/C19H19N3O3/c20-19(23)22-18(15-9-5-2-6-10-15)24-12-11-16-13-25-17(21-16)14-7-3-1-4-8-14/h1-10,13,18H,11-12H2,(H3,20,22,23). The molecule has 3 rings (SSSR count). The molecular formula is C19H19N3O3. The van der Waals surface area contributed by atoms with Gasteiger partial charge in [-0.25, -0.2) is 9.78 Å². The van der Waals surface area contributed by atoms with Crippen molar-refractivity contribution in [2.24, 2.45) is 5.73 Å². The molecule has 6 heteroatoms. The van der Waals surface area contributed by atoms with Gasteiger partial charge < -0.3 is 20.2 Å². The Morgan fingerprint density at radius 3 is 2.48 bits per heavy atom. The zero-order valence-electron chi connectivity index (χ0n) is 13.6. The SMILES string of the molecule is NC(=O)NC(OCCc1coc(-c2ccccc2)n1)c1ccccc1. The number of aromatic nitrogens is 1. The lowest BCUT2D eigenvalue weighted by Crippen LogP contribution is -2.34. The summed E-state index contributed by atoms with van der Waals surface area (Å²) in [6.45, 7) is 0.362. The van der Waals surface area contributed by atoms with Gasteiger partial charge in [-0.05, 0) is 12.1 Å². The number of carbonyl (C=O) groups excluding carboxylic acids is 1. The number of rotatable bonds is 7. The third kappa shape index (κ3) is 4.68. The average molecular weight is 337 g/mol. The number of nitrogens with zero attached hydrogens (tertiary/aromatic N) is 1. The van der Waals surface area contributed by atoms with E-state index in [1.807, 2.05) is 60.7 Å². The van der Waals surface area contributed by atoms with E-state index in [2.05, 4.69) is 10.3 Å². The van der Waals surface area contributed by atoms with Gasteiger partial charge in [0.2, 0.25) is 5.89 Å². The van der Waals surface area contributed by atoms with Crippen LogP contribution in [0.15, 0.2) is 71.3 Å². The van der Waals surface area contributed by atoms with E-state index in [1.165, 1.54) is 0 Å². The normalized spacial score (nSPS) is 11.8. The summed E-state index contributed by atoms with van der Waals surface area (Å²) in [4.78, 5) is 15.6. The molecule has 0 fully saturated rings. The lowest BCUT2D eigenvalue weighted by molar-refractivity contribution is 0.0386. The molecule has 2 amide bonds. The number of oxazole rings is 1. The molecule has 3 N–H and O–H groups in total. The molecule has 0 radical (unpaired) electrons. The Morgan fingerprint density at radius 2 is 1.80 bits per heavy atom. The van der Waals surface area contributed by atoms with E-state index in [-0.39, 0.29) is 0 Å². The smallest absolute Gasteiger partial charge is 0.314 e. The summed E-state index contributed by atoms with van der Waals surface area (Å²) in [6.07, 6.45) is 1.57. The molecular weight excluding hydrogens is 318 g/mol. The van der Waals surface area contributed by atoms with E-state index >= 15 is 0 Å². The zero-order valence-corrected chi connectivity index (χ0v) is 13.6. The fourth-order valence-corrected chi connectivity index (χ4v) is 2.39. The third-order valence-corrected chi connectivity index (χ3v) is 3.59. The van der Waals surface area contributed by atoms with E-state index in [4.69, 9.17) is 14.9 Å². The first kappa shape index (κ1) is 16.7. The summed E-state index contributed by atoms with van der Waals surface area (Å²) in [5, 5.41) is 2.59. The maximum absolute atomic E-state index is 11.2. The van der Waals surface area contributed by atoms with E-state index in [9.17, 15) is 4.79 Å². The first-order valence-electron chi connectivity index (χ1n) is 7.95. The fraction of sp³-hybridized carbons (Fsp3) is 0.158. The van der Waals surface area contributed by atoms with E-state index in [0.29, 0.717) is 18.9 Å². The summed E-state index contributed by atoms with van der Waals surface area (Å²) in [6, 6.07) is 18.4. The summed E-state index contributed by atoms with van der Waals surface area (Å²) in [5.41, 5.74) is 7.75. The Morgan fingerprint density at radius 1 is 1.12 bits per heavy atom. The Bertz CT molecular complexity index is 803. The number of hydrogen-bond donors (Lipinski definition) is 2. The summed E-state index contributed by atoms with van der Waals surface area (Å²) in [7, 11) is 0. The minimum atomic E-state index is -0.637. The van der Waals surface area contributed by atoms with Crippen LogP contribution < -0.4 is 11.1 Å². The molecule has 3 aromatic rings. The molecule has 6 nitrogen and oxygen atoms in total. The van der Waals surface area contributed by atoms with Gasteiger partial charge in [0.1, 0.15) is 6.26 Å². The predicted octanol–water partition coefficient (Wildman–Crippen LogP) is 3.27. The topological polar surface area (TPSA) is 90.4 Å². The van der Waals surface area contributed by atoms with Crippen LogP contribution in [0.5, 0.6) is 0 Å². The maximum atomic E-state index is 11.2. The molecule has 0 aliphatic carbocycles. The van der Waals surface area contributed by atoms with Gasteiger partial charge in [0.25, 0.3) is 0 Å². The second-order valence-corrected chi connectivity index (χ2v) is 5.43. The quantitative estimate of drug-likeness (QED) is 0.647. The van der Waals surface area contributed by atoms with Gasteiger partial charge in [-0.3, -0.25) is 0 Å². The highest BCUT2D eigenvalue weighted by Gasteiger charge is 2.14. The molecule has 0 aliphatic rings. The van der Waals surface area contributed by atoms with E-state index in [0.717, 1.165) is 16.8 Å². The molecule has 0 saturated carbocycles. The van der Waals surface area contributed by atoms with Crippen LogP contribution in [0.4, 0.5) is 4.79 Å². The number of urea groups is 1. The number of hydrogen-bond acceptors (Lipinski definition) is 4. The predicted molar refractivity (Wildman–Crippen MR) is 93.5 cm³/mol. The summed E-state index contributed by atoms with van der Waals surface area (Å²) >= 11 is 0. The summed E-state index contributed by atoms with van der Waals surface area (Å²) in [5.74, 6) is 0.575. The number of benzene rings is 2. The molecule has 128 valence electrons. The van der Waals surface area contributed by atoms with Gasteiger partial charge in [-0.15, -0.1) is 0 Å². The van der Waals surface area contributed by atoms with E-state index < -0.39 is 12.3 Å². The molecule has 1 heterocycles. The molecule has 1 aromatic heterocycles. The lowest BCUT2D eigenvalue weighted by atomic mass is 10.2. The van der Waals surface area contributed by atoms with Crippen LogP contribution in [0, 0.1) is 0 Å². The maximum Gasteiger partial charge on any atom is 0.314 e. The lowest BCUT2D eigenvalue weighted by Gasteiger charge is -2.18. The molecule has 0 bridgehead atoms. The van der Waals surface area contributed by atoms with Crippen molar-refractivity contribution in [3.8, 4) is 11.5 Å². The minimum Gasteiger partial charge on any atom is -0.444 e. The average Bonchev–Trinajstić information content (AvgIpc) is 3.11. The van der Waals surface area contributed by atoms with E-state index in [1.54, 1.807) is 6.26 Å². The third-order valence-electron chi connectivity index (χ3n) is 3.59. The van der Waals surface area contributed by atoms with Crippen molar-refractivity contribution >= 4 is 6.03 Å². The molecule has 0 saturated heterocycles. The van der Waals surface area contributed by atoms with Crippen molar-refractivity contribution in [1.29, 1.82) is 0 Å². The second-order valence-electron chi connectivity index (χ2n) is 5.43. The van der Waals surface area contributed by atoms with Crippen molar-refractivity contribution in [1.82, 2.24) is 10.3 Å². The van der Waals surface area contributed by atoms with Crippen molar-refractivity contribution in [2.75, 3.05) is 6.61 Å². The molecule has 1 atom stereocenters.